The van der Waals surface area contributed by atoms with E-state index in [1.807, 2.05) is 49.7 Å². The number of carbonyl (C=O) groups is 2. The van der Waals surface area contributed by atoms with E-state index in [2.05, 4.69) is 10.1 Å². The zero-order valence-electron chi connectivity index (χ0n) is 17.2. The van der Waals surface area contributed by atoms with Crippen LogP contribution in [0.2, 0.25) is 0 Å². The van der Waals surface area contributed by atoms with E-state index in [1.165, 1.54) is 12.1 Å². The standard InChI is InChI=1S/C22H24N4O3/c1-13-8-6-7-9-20(13)26-16(4)18(15(3)24-26)12-25(5)21(27)19-11-10-17(22(28)29)14(2)23-19/h6-11H,12H2,1-5H3,(H,28,29). The van der Waals surface area contributed by atoms with Crippen molar-refractivity contribution in [2.45, 2.75) is 34.2 Å². The predicted molar refractivity (Wildman–Crippen MR) is 110 cm³/mol. The molecule has 1 aromatic carbocycles. The van der Waals surface area contributed by atoms with Crippen LogP contribution >= 0.6 is 0 Å². The number of carbonyl (C=O) groups excluding carboxylic acids is 1. The lowest BCUT2D eigenvalue weighted by atomic mass is 10.1. The summed E-state index contributed by atoms with van der Waals surface area (Å²) >= 11 is 0. The molecule has 150 valence electrons. The van der Waals surface area contributed by atoms with Crippen molar-refractivity contribution in [1.29, 1.82) is 0 Å². The van der Waals surface area contributed by atoms with E-state index in [9.17, 15) is 9.59 Å². The third-order valence-electron chi connectivity index (χ3n) is 5.06. The summed E-state index contributed by atoms with van der Waals surface area (Å²) in [6.07, 6.45) is 0. The van der Waals surface area contributed by atoms with Crippen molar-refractivity contribution in [1.82, 2.24) is 19.7 Å². The molecule has 0 aliphatic heterocycles. The average Bonchev–Trinajstić information content (AvgIpc) is 2.95. The molecule has 29 heavy (non-hydrogen) atoms. The van der Waals surface area contributed by atoms with Crippen molar-refractivity contribution in [2.75, 3.05) is 7.05 Å². The highest BCUT2D eigenvalue weighted by atomic mass is 16.4. The van der Waals surface area contributed by atoms with E-state index < -0.39 is 5.97 Å². The lowest BCUT2D eigenvalue weighted by molar-refractivity contribution is 0.0693. The van der Waals surface area contributed by atoms with Gasteiger partial charge in [-0.1, -0.05) is 18.2 Å². The van der Waals surface area contributed by atoms with Crippen LogP contribution in [0.25, 0.3) is 5.69 Å². The van der Waals surface area contributed by atoms with Gasteiger partial charge in [0, 0.05) is 24.8 Å². The number of aryl methyl sites for hydroxylation is 3. The topological polar surface area (TPSA) is 88.3 Å². The molecule has 2 aromatic heterocycles. The van der Waals surface area contributed by atoms with E-state index in [1.54, 1.807) is 18.9 Å². The normalized spacial score (nSPS) is 10.8. The molecule has 2 heterocycles. The molecule has 0 spiro atoms. The van der Waals surface area contributed by atoms with Gasteiger partial charge in [0.15, 0.2) is 0 Å². The molecule has 0 saturated carbocycles. The van der Waals surface area contributed by atoms with Crippen molar-refractivity contribution in [3.63, 3.8) is 0 Å². The largest absolute Gasteiger partial charge is 0.478 e. The third kappa shape index (κ3) is 3.89. The van der Waals surface area contributed by atoms with Gasteiger partial charge in [-0.05, 0) is 51.5 Å². The smallest absolute Gasteiger partial charge is 0.337 e. The summed E-state index contributed by atoms with van der Waals surface area (Å²) in [4.78, 5) is 29.7. The van der Waals surface area contributed by atoms with Crippen LogP contribution in [-0.2, 0) is 6.54 Å². The van der Waals surface area contributed by atoms with Gasteiger partial charge in [0.2, 0.25) is 0 Å². The molecule has 1 amide bonds. The Morgan fingerprint density at radius 2 is 1.72 bits per heavy atom. The lowest BCUT2D eigenvalue weighted by Crippen LogP contribution is -2.28. The molecule has 0 unspecified atom stereocenters. The van der Waals surface area contributed by atoms with Crippen molar-refractivity contribution in [2.24, 2.45) is 0 Å². The monoisotopic (exact) mass is 392 g/mol. The number of hydrogen-bond acceptors (Lipinski definition) is 4. The van der Waals surface area contributed by atoms with Gasteiger partial charge in [-0.3, -0.25) is 4.79 Å². The minimum Gasteiger partial charge on any atom is -0.478 e. The first kappa shape index (κ1) is 20.3. The fourth-order valence-corrected chi connectivity index (χ4v) is 3.35. The predicted octanol–water partition coefficient (Wildman–Crippen LogP) is 3.47. The maximum absolute atomic E-state index is 12.8. The van der Waals surface area contributed by atoms with Gasteiger partial charge in [-0.15, -0.1) is 0 Å². The van der Waals surface area contributed by atoms with E-state index in [4.69, 9.17) is 5.11 Å². The van der Waals surface area contributed by atoms with Gasteiger partial charge < -0.3 is 10.0 Å². The molecule has 0 saturated heterocycles. The molecular weight excluding hydrogens is 368 g/mol. The zero-order valence-corrected chi connectivity index (χ0v) is 17.2. The molecule has 0 aliphatic rings. The van der Waals surface area contributed by atoms with Crippen LogP contribution in [0, 0.1) is 27.7 Å². The van der Waals surface area contributed by atoms with E-state index >= 15 is 0 Å². The first-order valence-corrected chi connectivity index (χ1v) is 9.28. The summed E-state index contributed by atoms with van der Waals surface area (Å²) in [6.45, 7) is 7.92. The highest BCUT2D eigenvalue weighted by molar-refractivity contribution is 5.94. The number of nitrogens with zero attached hydrogens (tertiary/aromatic N) is 4. The summed E-state index contributed by atoms with van der Waals surface area (Å²) in [5, 5.41) is 13.8. The minimum absolute atomic E-state index is 0.0930. The van der Waals surface area contributed by atoms with Crippen LogP contribution in [0.3, 0.4) is 0 Å². The van der Waals surface area contributed by atoms with Gasteiger partial charge in [-0.2, -0.15) is 5.10 Å². The molecule has 0 atom stereocenters. The molecule has 0 bridgehead atoms. The lowest BCUT2D eigenvalue weighted by Gasteiger charge is -2.18. The van der Waals surface area contributed by atoms with Crippen molar-refractivity contribution in [3.05, 3.63) is 75.9 Å². The van der Waals surface area contributed by atoms with Gasteiger partial charge in [0.25, 0.3) is 5.91 Å². The quantitative estimate of drug-likeness (QED) is 0.718. The van der Waals surface area contributed by atoms with Crippen molar-refractivity contribution in [3.8, 4) is 5.69 Å². The minimum atomic E-state index is -1.06. The second kappa shape index (κ2) is 7.87. The summed E-state index contributed by atoms with van der Waals surface area (Å²) in [5.74, 6) is -1.33. The number of para-hydroxylation sites is 1. The van der Waals surface area contributed by atoms with Crippen LogP contribution in [-0.4, -0.2) is 43.7 Å². The van der Waals surface area contributed by atoms with Crippen LogP contribution in [0.1, 0.15) is 49.1 Å². The van der Waals surface area contributed by atoms with Gasteiger partial charge in [-0.25, -0.2) is 14.5 Å². The average molecular weight is 392 g/mol. The number of carboxylic acids is 1. The molecule has 1 N–H and O–H groups in total. The molecule has 0 aliphatic carbocycles. The van der Waals surface area contributed by atoms with Crippen molar-refractivity contribution < 1.29 is 14.7 Å². The molecule has 3 aromatic rings. The second-order valence-corrected chi connectivity index (χ2v) is 7.14. The zero-order chi connectivity index (χ0) is 21.3. The number of amides is 1. The molecular formula is C22H24N4O3. The fourth-order valence-electron chi connectivity index (χ4n) is 3.35. The molecule has 7 nitrogen and oxygen atoms in total. The van der Waals surface area contributed by atoms with Crippen LogP contribution in [0.4, 0.5) is 0 Å². The Morgan fingerprint density at radius 1 is 1.03 bits per heavy atom. The molecule has 0 radical (unpaired) electrons. The number of hydrogen-bond donors (Lipinski definition) is 1. The first-order chi connectivity index (χ1) is 13.7. The maximum atomic E-state index is 12.8. The maximum Gasteiger partial charge on any atom is 0.337 e. The van der Waals surface area contributed by atoms with Crippen LogP contribution < -0.4 is 0 Å². The van der Waals surface area contributed by atoms with Crippen LogP contribution in [0.15, 0.2) is 36.4 Å². The highest BCUT2D eigenvalue weighted by Gasteiger charge is 2.20. The number of benzene rings is 1. The Hall–Kier alpha value is -3.48. The van der Waals surface area contributed by atoms with Crippen molar-refractivity contribution >= 4 is 11.9 Å². The fraction of sp³-hybridized carbons (Fsp3) is 0.273. The second-order valence-electron chi connectivity index (χ2n) is 7.14. The summed E-state index contributed by atoms with van der Waals surface area (Å²) in [6, 6.07) is 10.9. The van der Waals surface area contributed by atoms with E-state index in [-0.39, 0.29) is 17.2 Å². The van der Waals surface area contributed by atoms with Gasteiger partial charge in [0.1, 0.15) is 5.69 Å². The SMILES string of the molecule is Cc1ccccc1-n1nc(C)c(CN(C)C(=O)c2ccc(C(=O)O)c(C)n2)c1C. The number of aromatic nitrogens is 3. The first-order valence-electron chi connectivity index (χ1n) is 9.28. The van der Waals surface area contributed by atoms with Gasteiger partial charge in [0.05, 0.1) is 22.6 Å². The summed E-state index contributed by atoms with van der Waals surface area (Å²) < 4.78 is 1.91. The Kier molecular flexibility index (Phi) is 5.50. The summed E-state index contributed by atoms with van der Waals surface area (Å²) in [5.41, 5.74) is 5.56. The number of carboxylic acid groups (broad SMARTS) is 1. The van der Waals surface area contributed by atoms with Gasteiger partial charge >= 0.3 is 5.97 Å². The van der Waals surface area contributed by atoms with E-state index in [0.717, 1.165) is 28.2 Å². The molecule has 3 rings (SSSR count). The third-order valence-corrected chi connectivity index (χ3v) is 5.06. The Bertz CT molecular complexity index is 1100. The molecule has 7 heteroatoms. The van der Waals surface area contributed by atoms with Crippen LogP contribution in [0.5, 0.6) is 0 Å². The number of rotatable bonds is 5. The highest BCUT2D eigenvalue weighted by Crippen LogP contribution is 2.22. The van der Waals surface area contributed by atoms with E-state index in [0.29, 0.717) is 12.2 Å². The number of aromatic carboxylic acids is 1. The summed E-state index contributed by atoms with van der Waals surface area (Å²) in [7, 11) is 1.70. The Labute approximate surface area is 169 Å². The number of pyridine rings is 1. The Morgan fingerprint density at radius 3 is 2.34 bits per heavy atom. The molecule has 0 fully saturated rings. The Balaban J connectivity index is 1.87.